The van der Waals surface area contributed by atoms with Crippen LogP contribution in [0.4, 0.5) is 0 Å². The number of aromatic nitrogens is 2. The van der Waals surface area contributed by atoms with Gasteiger partial charge in [0, 0.05) is 18.4 Å². The summed E-state index contributed by atoms with van der Waals surface area (Å²) in [4.78, 5) is 24.5. The first-order valence-electron chi connectivity index (χ1n) is 9.19. The third-order valence-electron chi connectivity index (χ3n) is 4.70. The molecule has 6 nitrogen and oxygen atoms in total. The van der Waals surface area contributed by atoms with E-state index in [9.17, 15) is 9.59 Å². The summed E-state index contributed by atoms with van der Waals surface area (Å²) >= 11 is 0. The van der Waals surface area contributed by atoms with E-state index in [4.69, 9.17) is 4.74 Å². The van der Waals surface area contributed by atoms with Crippen LogP contribution in [0.1, 0.15) is 54.9 Å². The van der Waals surface area contributed by atoms with Crippen LogP contribution < -0.4 is 5.32 Å². The van der Waals surface area contributed by atoms with Gasteiger partial charge in [-0.05, 0) is 43.5 Å². The molecule has 26 heavy (non-hydrogen) atoms. The molecule has 1 saturated carbocycles. The summed E-state index contributed by atoms with van der Waals surface area (Å²) in [7, 11) is 0. The van der Waals surface area contributed by atoms with Gasteiger partial charge in [-0.2, -0.15) is 5.10 Å². The Morgan fingerprint density at radius 1 is 1.23 bits per heavy atom. The Hall–Kier alpha value is -2.63. The molecule has 1 aromatic carbocycles. The molecular weight excluding hydrogens is 330 g/mol. The highest BCUT2D eigenvalue weighted by Gasteiger charge is 2.22. The highest BCUT2D eigenvalue weighted by atomic mass is 16.5. The molecule has 6 heteroatoms. The molecule has 0 spiro atoms. The number of hydrogen-bond acceptors (Lipinski definition) is 4. The minimum atomic E-state index is -0.798. The van der Waals surface area contributed by atoms with Gasteiger partial charge in [-0.15, -0.1) is 0 Å². The van der Waals surface area contributed by atoms with Crippen LogP contribution in [-0.2, 0) is 16.1 Å². The van der Waals surface area contributed by atoms with E-state index in [0.29, 0.717) is 12.1 Å². The quantitative estimate of drug-likeness (QED) is 0.809. The molecule has 0 unspecified atom stereocenters. The first-order chi connectivity index (χ1) is 12.6. The summed E-state index contributed by atoms with van der Waals surface area (Å²) in [6.07, 6.45) is 8.34. The second-order valence-corrected chi connectivity index (χ2v) is 6.79. The molecule has 2 aromatic rings. The lowest BCUT2D eigenvalue weighted by Crippen LogP contribution is -2.42. The Morgan fingerprint density at radius 3 is 2.62 bits per heavy atom. The molecule has 1 atom stereocenters. The number of carbonyl (C=O) groups excluding carboxylic acids is 2. The lowest BCUT2D eigenvalue weighted by molar-refractivity contribution is -0.130. The van der Waals surface area contributed by atoms with Crippen molar-refractivity contribution < 1.29 is 14.3 Å². The molecule has 0 bridgehead atoms. The van der Waals surface area contributed by atoms with E-state index in [2.05, 4.69) is 10.4 Å². The molecule has 138 valence electrons. The van der Waals surface area contributed by atoms with Gasteiger partial charge in [0.05, 0.1) is 12.1 Å². The third-order valence-corrected chi connectivity index (χ3v) is 4.70. The molecule has 0 radical (unpaired) electrons. The Balaban J connectivity index is 1.50. The zero-order valence-electron chi connectivity index (χ0n) is 15.1. The van der Waals surface area contributed by atoms with E-state index in [-0.39, 0.29) is 11.9 Å². The topological polar surface area (TPSA) is 73.2 Å². The van der Waals surface area contributed by atoms with Crippen molar-refractivity contribution in [2.24, 2.45) is 0 Å². The van der Waals surface area contributed by atoms with Crippen molar-refractivity contribution in [3.63, 3.8) is 0 Å². The summed E-state index contributed by atoms with van der Waals surface area (Å²) in [5.41, 5.74) is 1.47. The predicted molar refractivity (Wildman–Crippen MR) is 97.7 cm³/mol. The molecule has 3 rings (SSSR count). The van der Waals surface area contributed by atoms with Crippen molar-refractivity contribution in [1.29, 1.82) is 0 Å². The van der Waals surface area contributed by atoms with Crippen LogP contribution in [0.3, 0.4) is 0 Å². The molecule has 1 N–H and O–H groups in total. The van der Waals surface area contributed by atoms with Crippen molar-refractivity contribution in [3.05, 3.63) is 53.9 Å². The fourth-order valence-corrected chi connectivity index (χ4v) is 3.17. The van der Waals surface area contributed by atoms with Crippen LogP contribution in [0.5, 0.6) is 0 Å². The zero-order valence-corrected chi connectivity index (χ0v) is 15.1. The second-order valence-electron chi connectivity index (χ2n) is 6.79. The SMILES string of the molecule is C[C@@H](OC(=O)c1ccc(Cn2cccn2)cc1)C(=O)NC1CCCCC1. The first-order valence-corrected chi connectivity index (χ1v) is 9.19. The van der Waals surface area contributed by atoms with Crippen LogP contribution in [0.15, 0.2) is 42.7 Å². The number of benzene rings is 1. The van der Waals surface area contributed by atoms with Crippen LogP contribution in [0, 0.1) is 0 Å². The maximum absolute atomic E-state index is 12.3. The van der Waals surface area contributed by atoms with Crippen LogP contribution >= 0.6 is 0 Å². The number of amides is 1. The van der Waals surface area contributed by atoms with E-state index in [1.807, 2.05) is 29.1 Å². The van der Waals surface area contributed by atoms with Crippen molar-refractivity contribution >= 4 is 11.9 Å². The van der Waals surface area contributed by atoms with Crippen molar-refractivity contribution in [2.45, 2.75) is 57.7 Å². The number of esters is 1. The fourth-order valence-electron chi connectivity index (χ4n) is 3.17. The molecule has 0 aliphatic heterocycles. The minimum Gasteiger partial charge on any atom is -0.449 e. The van der Waals surface area contributed by atoms with Gasteiger partial charge in [0.15, 0.2) is 6.10 Å². The number of carbonyl (C=O) groups is 2. The van der Waals surface area contributed by atoms with E-state index in [1.165, 1.54) is 6.42 Å². The number of hydrogen-bond donors (Lipinski definition) is 1. The van der Waals surface area contributed by atoms with Crippen LogP contribution in [-0.4, -0.2) is 33.8 Å². The number of nitrogens with zero attached hydrogens (tertiary/aromatic N) is 2. The molecule has 1 heterocycles. The summed E-state index contributed by atoms with van der Waals surface area (Å²) in [6, 6.07) is 9.24. The molecule has 1 amide bonds. The minimum absolute atomic E-state index is 0.207. The lowest BCUT2D eigenvalue weighted by atomic mass is 9.95. The Labute approximate surface area is 153 Å². The summed E-state index contributed by atoms with van der Waals surface area (Å²) in [6.45, 7) is 2.25. The van der Waals surface area contributed by atoms with Gasteiger partial charge in [0.25, 0.3) is 5.91 Å². The van der Waals surface area contributed by atoms with E-state index in [0.717, 1.165) is 31.2 Å². The molecular formula is C20H25N3O3. The Morgan fingerprint density at radius 2 is 1.96 bits per heavy atom. The summed E-state index contributed by atoms with van der Waals surface area (Å²) in [5, 5.41) is 7.14. The predicted octanol–water partition coefficient (Wildman–Crippen LogP) is 2.93. The van der Waals surface area contributed by atoms with Gasteiger partial charge >= 0.3 is 5.97 Å². The van der Waals surface area contributed by atoms with Crippen LogP contribution in [0.25, 0.3) is 0 Å². The summed E-state index contributed by atoms with van der Waals surface area (Å²) in [5.74, 6) is -0.706. The van der Waals surface area contributed by atoms with Gasteiger partial charge in [0.2, 0.25) is 0 Å². The van der Waals surface area contributed by atoms with Crippen molar-refractivity contribution in [3.8, 4) is 0 Å². The maximum Gasteiger partial charge on any atom is 0.338 e. The highest BCUT2D eigenvalue weighted by Crippen LogP contribution is 2.17. The lowest BCUT2D eigenvalue weighted by Gasteiger charge is -2.24. The van der Waals surface area contributed by atoms with Gasteiger partial charge in [-0.25, -0.2) is 4.79 Å². The Kier molecular flexibility index (Phi) is 6.04. The highest BCUT2D eigenvalue weighted by molar-refractivity contribution is 5.92. The number of nitrogens with one attached hydrogen (secondary N) is 1. The maximum atomic E-state index is 12.3. The van der Waals surface area contributed by atoms with E-state index < -0.39 is 12.1 Å². The molecule has 1 aliphatic carbocycles. The van der Waals surface area contributed by atoms with Gasteiger partial charge < -0.3 is 10.1 Å². The van der Waals surface area contributed by atoms with Gasteiger partial charge in [-0.1, -0.05) is 31.4 Å². The van der Waals surface area contributed by atoms with E-state index in [1.54, 1.807) is 25.3 Å². The van der Waals surface area contributed by atoms with Crippen molar-refractivity contribution in [2.75, 3.05) is 0 Å². The first kappa shape index (κ1) is 18.2. The Bertz CT molecular complexity index is 719. The number of ether oxygens (including phenoxy) is 1. The zero-order chi connectivity index (χ0) is 18.4. The normalized spacial score (nSPS) is 16.0. The molecule has 0 saturated heterocycles. The van der Waals surface area contributed by atoms with Gasteiger partial charge in [0.1, 0.15) is 0 Å². The largest absolute Gasteiger partial charge is 0.449 e. The smallest absolute Gasteiger partial charge is 0.338 e. The third kappa shape index (κ3) is 4.94. The average Bonchev–Trinajstić information content (AvgIpc) is 3.16. The second kappa shape index (κ2) is 8.65. The molecule has 1 aromatic heterocycles. The standard InChI is InChI=1S/C20H25N3O3/c1-15(19(24)22-18-6-3-2-4-7-18)26-20(25)17-10-8-16(9-11-17)14-23-13-5-12-21-23/h5,8-13,15,18H,2-4,6-7,14H2,1H3,(H,22,24)/t15-/m1/s1. The van der Waals surface area contributed by atoms with E-state index >= 15 is 0 Å². The van der Waals surface area contributed by atoms with Gasteiger partial charge in [-0.3, -0.25) is 9.48 Å². The van der Waals surface area contributed by atoms with Crippen molar-refractivity contribution in [1.82, 2.24) is 15.1 Å². The number of rotatable bonds is 6. The summed E-state index contributed by atoms with van der Waals surface area (Å²) < 4.78 is 7.13. The fraction of sp³-hybridized carbons (Fsp3) is 0.450. The molecule has 1 fully saturated rings. The van der Waals surface area contributed by atoms with Crippen LogP contribution in [0.2, 0.25) is 0 Å². The molecule has 1 aliphatic rings. The average molecular weight is 355 g/mol. The monoisotopic (exact) mass is 355 g/mol.